The molecule has 2 nitrogen and oxygen atoms in total. The van der Waals surface area contributed by atoms with Gasteiger partial charge in [-0.15, -0.1) is 11.8 Å². The summed E-state index contributed by atoms with van der Waals surface area (Å²) in [5.41, 5.74) is 0.788. The van der Waals surface area contributed by atoms with Gasteiger partial charge in [-0.2, -0.15) is 0 Å². The second kappa shape index (κ2) is 3.56. The average Bonchev–Trinajstić information content (AvgIpc) is 2.15. The maximum Gasteiger partial charge on any atom is 0.311 e. The molecule has 0 spiro atoms. The van der Waals surface area contributed by atoms with Gasteiger partial charge in [0, 0.05) is 10.6 Å². The molecule has 0 aliphatic carbocycles. The molecule has 80 valence electrons. The number of fused-ring (bicyclic) bond motifs is 1. The molecule has 0 fully saturated rings. The highest BCUT2D eigenvalue weighted by Crippen LogP contribution is 2.47. The number of hydrogen-bond acceptors (Lipinski definition) is 2. The van der Waals surface area contributed by atoms with Crippen LogP contribution >= 0.6 is 11.8 Å². The monoisotopic (exact) mass is 222 g/mol. The van der Waals surface area contributed by atoms with Crippen molar-refractivity contribution in [3.63, 3.8) is 0 Å². The van der Waals surface area contributed by atoms with E-state index in [1.165, 1.54) is 0 Å². The van der Waals surface area contributed by atoms with E-state index >= 15 is 0 Å². The first-order chi connectivity index (χ1) is 7.02. The van der Waals surface area contributed by atoms with Crippen molar-refractivity contribution in [3.8, 4) is 0 Å². The van der Waals surface area contributed by atoms with Gasteiger partial charge in [0.1, 0.15) is 0 Å². The van der Waals surface area contributed by atoms with Gasteiger partial charge in [0.15, 0.2) is 0 Å². The van der Waals surface area contributed by atoms with E-state index in [0.717, 1.165) is 16.2 Å². The van der Waals surface area contributed by atoms with Gasteiger partial charge in [-0.1, -0.05) is 32.0 Å². The minimum Gasteiger partial charge on any atom is -0.481 e. The summed E-state index contributed by atoms with van der Waals surface area (Å²) >= 11 is 1.75. The molecule has 1 atom stereocenters. The molecule has 1 heterocycles. The van der Waals surface area contributed by atoms with Crippen LogP contribution in [0.1, 0.15) is 25.3 Å². The van der Waals surface area contributed by atoms with Gasteiger partial charge in [-0.25, -0.2) is 0 Å². The SMILES string of the molecule is CC1(C)CSc2ccccc2C1C(=O)O. The maximum absolute atomic E-state index is 11.3. The Kier molecular flexibility index (Phi) is 2.51. The molecule has 1 aromatic rings. The van der Waals surface area contributed by atoms with Crippen molar-refractivity contribution < 1.29 is 9.90 Å². The van der Waals surface area contributed by atoms with E-state index in [2.05, 4.69) is 0 Å². The number of benzene rings is 1. The number of aliphatic carboxylic acids is 1. The van der Waals surface area contributed by atoms with E-state index in [0.29, 0.717) is 0 Å². The molecule has 2 rings (SSSR count). The van der Waals surface area contributed by atoms with Crippen molar-refractivity contribution in [2.45, 2.75) is 24.7 Å². The number of carbonyl (C=O) groups is 1. The lowest BCUT2D eigenvalue weighted by Gasteiger charge is -2.36. The summed E-state index contributed by atoms with van der Waals surface area (Å²) in [7, 11) is 0. The van der Waals surface area contributed by atoms with Gasteiger partial charge in [0.05, 0.1) is 5.92 Å². The summed E-state index contributed by atoms with van der Waals surface area (Å²) in [6, 6.07) is 7.81. The van der Waals surface area contributed by atoms with E-state index < -0.39 is 5.97 Å². The second-order valence-electron chi connectivity index (χ2n) is 4.59. The Morgan fingerprint density at radius 1 is 1.47 bits per heavy atom. The van der Waals surface area contributed by atoms with Gasteiger partial charge in [0.2, 0.25) is 0 Å². The van der Waals surface area contributed by atoms with Crippen molar-refractivity contribution in [1.29, 1.82) is 0 Å². The number of thioether (sulfide) groups is 1. The lowest BCUT2D eigenvalue weighted by atomic mass is 9.76. The van der Waals surface area contributed by atoms with E-state index in [4.69, 9.17) is 0 Å². The third-order valence-electron chi connectivity index (χ3n) is 2.86. The van der Waals surface area contributed by atoms with Crippen molar-refractivity contribution in [3.05, 3.63) is 29.8 Å². The van der Waals surface area contributed by atoms with Gasteiger partial charge < -0.3 is 5.11 Å². The standard InChI is InChI=1S/C12H14O2S/c1-12(2)7-15-9-6-4-3-5-8(9)10(12)11(13)14/h3-6,10H,7H2,1-2H3,(H,13,14). The fourth-order valence-corrected chi connectivity index (χ4v) is 3.31. The Bertz CT molecular complexity index is 398. The molecule has 1 unspecified atom stereocenters. The fourth-order valence-electron chi connectivity index (χ4n) is 2.09. The molecule has 1 aliphatic heterocycles. The lowest BCUT2D eigenvalue weighted by molar-refractivity contribution is -0.141. The first-order valence-electron chi connectivity index (χ1n) is 4.97. The Labute approximate surface area is 93.7 Å². The van der Waals surface area contributed by atoms with Crippen LogP contribution in [0.5, 0.6) is 0 Å². The molecule has 0 saturated carbocycles. The van der Waals surface area contributed by atoms with E-state index in [1.54, 1.807) is 11.8 Å². The van der Waals surface area contributed by atoms with E-state index in [1.807, 2.05) is 38.1 Å². The number of carboxylic acid groups (broad SMARTS) is 1. The highest BCUT2D eigenvalue weighted by atomic mass is 32.2. The molecule has 3 heteroatoms. The van der Waals surface area contributed by atoms with Crippen LogP contribution in [-0.4, -0.2) is 16.8 Å². The number of hydrogen-bond donors (Lipinski definition) is 1. The molecule has 1 aliphatic rings. The highest BCUT2D eigenvalue weighted by Gasteiger charge is 2.40. The molecule has 0 radical (unpaired) electrons. The summed E-state index contributed by atoms with van der Waals surface area (Å²) < 4.78 is 0. The molecular formula is C12H14O2S. The molecule has 0 aromatic heterocycles. The summed E-state index contributed by atoms with van der Waals surface area (Å²) in [5.74, 6) is -0.233. The van der Waals surface area contributed by atoms with E-state index in [9.17, 15) is 9.90 Å². The van der Waals surface area contributed by atoms with Crippen molar-refractivity contribution >= 4 is 17.7 Å². The zero-order chi connectivity index (χ0) is 11.1. The van der Waals surface area contributed by atoms with Crippen LogP contribution in [0.3, 0.4) is 0 Å². The quantitative estimate of drug-likeness (QED) is 0.793. The predicted molar refractivity (Wildman–Crippen MR) is 61.3 cm³/mol. The summed E-state index contributed by atoms with van der Waals surface area (Å²) in [5, 5.41) is 9.31. The van der Waals surface area contributed by atoms with Crippen molar-refractivity contribution in [2.24, 2.45) is 5.41 Å². The second-order valence-corrected chi connectivity index (χ2v) is 5.60. The smallest absolute Gasteiger partial charge is 0.311 e. The van der Waals surface area contributed by atoms with Gasteiger partial charge >= 0.3 is 5.97 Å². The van der Waals surface area contributed by atoms with Crippen LogP contribution in [0.2, 0.25) is 0 Å². The molecule has 0 saturated heterocycles. The maximum atomic E-state index is 11.3. The normalized spacial score (nSPS) is 23.2. The van der Waals surface area contributed by atoms with Crippen LogP contribution in [0.4, 0.5) is 0 Å². The van der Waals surface area contributed by atoms with Crippen molar-refractivity contribution in [1.82, 2.24) is 0 Å². The zero-order valence-corrected chi connectivity index (χ0v) is 9.67. The fraction of sp³-hybridized carbons (Fsp3) is 0.417. The van der Waals surface area contributed by atoms with Crippen LogP contribution in [0, 0.1) is 5.41 Å². The lowest BCUT2D eigenvalue weighted by Crippen LogP contribution is -2.34. The Morgan fingerprint density at radius 2 is 2.13 bits per heavy atom. The first kappa shape index (κ1) is 10.6. The van der Waals surface area contributed by atoms with Gasteiger partial charge in [-0.3, -0.25) is 4.79 Å². The van der Waals surface area contributed by atoms with E-state index in [-0.39, 0.29) is 11.3 Å². The molecule has 0 amide bonds. The molecule has 1 N–H and O–H groups in total. The Hall–Kier alpha value is -0.960. The molecule has 1 aromatic carbocycles. The van der Waals surface area contributed by atoms with Crippen LogP contribution in [-0.2, 0) is 4.79 Å². The number of carboxylic acids is 1. The van der Waals surface area contributed by atoms with Crippen LogP contribution in [0.15, 0.2) is 29.2 Å². The molecule has 0 bridgehead atoms. The third kappa shape index (κ3) is 1.76. The zero-order valence-electron chi connectivity index (χ0n) is 8.86. The summed E-state index contributed by atoms with van der Waals surface area (Å²) in [6.45, 7) is 4.05. The van der Waals surface area contributed by atoms with Crippen LogP contribution < -0.4 is 0 Å². The molecule has 15 heavy (non-hydrogen) atoms. The largest absolute Gasteiger partial charge is 0.481 e. The summed E-state index contributed by atoms with van der Waals surface area (Å²) in [6.07, 6.45) is 0. The van der Waals surface area contributed by atoms with Crippen molar-refractivity contribution in [2.75, 3.05) is 5.75 Å². The topological polar surface area (TPSA) is 37.3 Å². The first-order valence-corrected chi connectivity index (χ1v) is 5.95. The molecular weight excluding hydrogens is 208 g/mol. The third-order valence-corrected chi connectivity index (χ3v) is 4.43. The van der Waals surface area contributed by atoms with Crippen LogP contribution in [0.25, 0.3) is 0 Å². The van der Waals surface area contributed by atoms with Gasteiger partial charge in [0.25, 0.3) is 0 Å². The predicted octanol–water partition coefficient (Wildman–Crippen LogP) is 2.99. The average molecular weight is 222 g/mol. The number of rotatable bonds is 1. The highest BCUT2D eigenvalue weighted by molar-refractivity contribution is 7.99. The summed E-state index contributed by atoms with van der Waals surface area (Å²) in [4.78, 5) is 12.4. The Morgan fingerprint density at radius 3 is 2.80 bits per heavy atom. The Balaban J connectivity index is 2.53. The minimum absolute atomic E-state index is 0.176. The minimum atomic E-state index is -0.715. The van der Waals surface area contributed by atoms with Gasteiger partial charge in [-0.05, 0) is 17.0 Å².